The number of rotatable bonds is 5. The van der Waals surface area contributed by atoms with E-state index in [1.807, 2.05) is 0 Å². The van der Waals surface area contributed by atoms with Crippen molar-refractivity contribution in [2.75, 3.05) is 11.4 Å². The highest BCUT2D eigenvalue weighted by atomic mass is 35.5. The Kier molecular flexibility index (Phi) is 5.44. The molecule has 6 nitrogen and oxygen atoms in total. The van der Waals surface area contributed by atoms with Crippen molar-refractivity contribution < 1.29 is 19.5 Å². The quantitative estimate of drug-likeness (QED) is 0.745. The van der Waals surface area contributed by atoms with Gasteiger partial charge in [-0.3, -0.25) is 14.4 Å². The number of hydrogen-bond acceptors (Lipinski definition) is 3. The Bertz CT molecular complexity index is 747. The second-order valence-electron chi connectivity index (χ2n) is 6.97. The summed E-state index contributed by atoms with van der Waals surface area (Å²) in [6, 6.07) is 4.85. The van der Waals surface area contributed by atoms with Crippen molar-refractivity contribution >= 4 is 46.7 Å². The molecule has 0 spiro atoms. The largest absolute Gasteiger partial charge is 0.481 e. The summed E-state index contributed by atoms with van der Waals surface area (Å²) in [6.45, 7) is 0.364. The summed E-state index contributed by atoms with van der Waals surface area (Å²) in [5.41, 5.74) is -0.259. The molecule has 0 aromatic heterocycles. The molecule has 2 aliphatic rings. The van der Waals surface area contributed by atoms with Gasteiger partial charge in [0, 0.05) is 11.6 Å². The lowest BCUT2D eigenvalue weighted by Gasteiger charge is -2.29. The third-order valence-electron chi connectivity index (χ3n) is 5.16. The first kappa shape index (κ1) is 19.0. The van der Waals surface area contributed by atoms with Crippen molar-refractivity contribution in [2.45, 2.75) is 44.1 Å². The lowest BCUT2D eigenvalue weighted by atomic mass is 9.92. The van der Waals surface area contributed by atoms with Crippen molar-refractivity contribution in [1.82, 2.24) is 5.32 Å². The summed E-state index contributed by atoms with van der Waals surface area (Å²) in [4.78, 5) is 38.1. The molecule has 1 unspecified atom stereocenters. The summed E-state index contributed by atoms with van der Waals surface area (Å²) < 4.78 is 0. The van der Waals surface area contributed by atoms with E-state index in [1.54, 1.807) is 18.2 Å². The summed E-state index contributed by atoms with van der Waals surface area (Å²) in [6.07, 6.45) is 3.22. The average Bonchev–Trinajstić information content (AvgIpc) is 3.16. The van der Waals surface area contributed by atoms with Crippen molar-refractivity contribution in [3.8, 4) is 0 Å². The molecule has 0 radical (unpaired) electrons. The smallest absolute Gasteiger partial charge is 0.305 e. The number of carboxylic acid groups (broad SMARTS) is 1. The summed E-state index contributed by atoms with van der Waals surface area (Å²) >= 11 is 12.2. The molecule has 1 aromatic carbocycles. The Morgan fingerprint density at radius 1 is 1.27 bits per heavy atom. The fourth-order valence-corrected chi connectivity index (χ4v) is 4.28. The van der Waals surface area contributed by atoms with Crippen LogP contribution in [0, 0.1) is 5.92 Å². The van der Waals surface area contributed by atoms with E-state index in [9.17, 15) is 14.4 Å². The summed E-state index contributed by atoms with van der Waals surface area (Å²) in [5.74, 6) is -2.53. The summed E-state index contributed by atoms with van der Waals surface area (Å²) in [5, 5.41) is 12.9. The Morgan fingerprint density at radius 3 is 2.62 bits per heavy atom. The molecule has 1 heterocycles. The van der Waals surface area contributed by atoms with Gasteiger partial charge in [-0.15, -0.1) is 0 Å². The molecule has 1 aliphatic carbocycles. The van der Waals surface area contributed by atoms with E-state index in [0.717, 1.165) is 12.8 Å². The van der Waals surface area contributed by atoms with Crippen molar-refractivity contribution in [3.63, 3.8) is 0 Å². The third kappa shape index (κ3) is 3.81. The van der Waals surface area contributed by atoms with Gasteiger partial charge < -0.3 is 15.3 Å². The number of carbonyl (C=O) groups is 3. The zero-order valence-corrected chi connectivity index (χ0v) is 15.6. The molecule has 1 aromatic rings. The number of aliphatic carboxylic acids is 1. The number of hydrogen-bond donors (Lipinski definition) is 2. The van der Waals surface area contributed by atoms with Gasteiger partial charge in [0.05, 0.1) is 22.7 Å². The fraction of sp³-hybridized carbons (Fsp3) is 0.500. The van der Waals surface area contributed by atoms with Crippen LogP contribution >= 0.6 is 23.2 Å². The predicted octanol–water partition coefficient (Wildman–Crippen LogP) is 3.25. The Morgan fingerprint density at radius 2 is 1.96 bits per heavy atom. The molecule has 26 heavy (non-hydrogen) atoms. The van der Waals surface area contributed by atoms with Gasteiger partial charge in [-0.05, 0) is 37.5 Å². The number of carboxylic acids is 1. The number of benzene rings is 1. The van der Waals surface area contributed by atoms with Gasteiger partial charge in [0.25, 0.3) is 0 Å². The van der Waals surface area contributed by atoms with E-state index in [-0.39, 0.29) is 12.3 Å². The Labute approximate surface area is 161 Å². The molecular formula is C18H20Cl2N2O4. The van der Waals surface area contributed by atoms with Crippen LogP contribution in [0.25, 0.3) is 0 Å². The molecule has 8 heteroatoms. The van der Waals surface area contributed by atoms with Crippen molar-refractivity contribution in [1.29, 1.82) is 0 Å². The van der Waals surface area contributed by atoms with E-state index >= 15 is 0 Å². The van der Waals surface area contributed by atoms with Crippen LogP contribution in [0.2, 0.25) is 10.0 Å². The second-order valence-corrected chi connectivity index (χ2v) is 7.82. The van der Waals surface area contributed by atoms with Crippen LogP contribution in [0.4, 0.5) is 5.69 Å². The lowest BCUT2D eigenvalue weighted by molar-refractivity contribution is -0.139. The van der Waals surface area contributed by atoms with Crippen LogP contribution in [-0.4, -0.2) is 35.0 Å². The normalized spacial score (nSPS) is 21.8. The lowest BCUT2D eigenvalue weighted by Crippen LogP contribution is -2.51. The molecule has 2 fully saturated rings. The van der Waals surface area contributed by atoms with Crippen LogP contribution in [0.3, 0.4) is 0 Å². The van der Waals surface area contributed by atoms with Crippen LogP contribution in [0.5, 0.6) is 0 Å². The van der Waals surface area contributed by atoms with E-state index in [4.69, 9.17) is 28.3 Å². The van der Waals surface area contributed by atoms with Gasteiger partial charge in [-0.2, -0.15) is 0 Å². The van der Waals surface area contributed by atoms with Crippen LogP contribution in [-0.2, 0) is 14.4 Å². The molecule has 0 bridgehead atoms. The standard InChI is InChI=1S/C18H20Cl2N2O4/c19-11-3-4-13(20)14(9-11)22-8-5-12(17(22)26)16(25)21-18(10-15(23)24)6-1-2-7-18/h3-4,9,12H,1-2,5-8,10H2,(H,21,25)(H,23,24). The molecule has 1 saturated heterocycles. The maximum atomic E-state index is 12.8. The van der Waals surface area contributed by atoms with E-state index in [1.165, 1.54) is 4.90 Å². The molecule has 1 saturated carbocycles. The number of amides is 2. The minimum absolute atomic E-state index is 0.122. The van der Waals surface area contributed by atoms with Gasteiger partial charge in [0.1, 0.15) is 5.92 Å². The number of halogens is 2. The van der Waals surface area contributed by atoms with Crippen LogP contribution in [0.1, 0.15) is 38.5 Å². The highest BCUT2D eigenvalue weighted by Crippen LogP contribution is 2.36. The third-order valence-corrected chi connectivity index (χ3v) is 5.71. The molecule has 2 amide bonds. The minimum atomic E-state index is -0.947. The number of nitrogens with one attached hydrogen (secondary N) is 1. The van der Waals surface area contributed by atoms with Crippen molar-refractivity contribution in [3.05, 3.63) is 28.2 Å². The van der Waals surface area contributed by atoms with Gasteiger partial charge >= 0.3 is 5.97 Å². The highest BCUT2D eigenvalue weighted by molar-refractivity contribution is 6.36. The van der Waals surface area contributed by atoms with E-state index in [0.29, 0.717) is 41.5 Å². The highest BCUT2D eigenvalue weighted by Gasteiger charge is 2.43. The van der Waals surface area contributed by atoms with Gasteiger partial charge in [0.2, 0.25) is 11.8 Å². The molecule has 2 N–H and O–H groups in total. The molecule has 140 valence electrons. The maximum absolute atomic E-state index is 12.8. The minimum Gasteiger partial charge on any atom is -0.481 e. The van der Waals surface area contributed by atoms with E-state index in [2.05, 4.69) is 5.32 Å². The van der Waals surface area contributed by atoms with E-state index < -0.39 is 23.3 Å². The molecule has 3 rings (SSSR count). The Balaban J connectivity index is 1.74. The number of anilines is 1. The molecular weight excluding hydrogens is 379 g/mol. The SMILES string of the molecule is O=C(O)CC1(NC(=O)C2CCN(c3cc(Cl)ccc3Cl)C2=O)CCCC1. The first-order valence-electron chi connectivity index (χ1n) is 8.62. The zero-order valence-electron chi connectivity index (χ0n) is 14.1. The van der Waals surface area contributed by atoms with Gasteiger partial charge in [-0.1, -0.05) is 36.0 Å². The number of carbonyl (C=O) groups excluding carboxylic acids is 2. The Hall–Kier alpha value is -1.79. The zero-order chi connectivity index (χ0) is 18.9. The fourth-order valence-electron chi connectivity index (χ4n) is 3.89. The number of nitrogens with zero attached hydrogens (tertiary/aromatic N) is 1. The van der Waals surface area contributed by atoms with Gasteiger partial charge in [0.15, 0.2) is 0 Å². The second kappa shape index (κ2) is 7.45. The van der Waals surface area contributed by atoms with Gasteiger partial charge in [-0.25, -0.2) is 0 Å². The average molecular weight is 399 g/mol. The first-order chi connectivity index (χ1) is 12.3. The van der Waals surface area contributed by atoms with Crippen molar-refractivity contribution in [2.24, 2.45) is 5.92 Å². The molecule has 1 aliphatic heterocycles. The topological polar surface area (TPSA) is 86.7 Å². The maximum Gasteiger partial charge on any atom is 0.305 e. The summed E-state index contributed by atoms with van der Waals surface area (Å²) in [7, 11) is 0. The predicted molar refractivity (Wildman–Crippen MR) is 98.5 cm³/mol. The van der Waals surface area contributed by atoms with Crippen LogP contribution in [0.15, 0.2) is 18.2 Å². The monoisotopic (exact) mass is 398 g/mol. The van der Waals surface area contributed by atoms with Crippen LogP contribution < -0.4 is 10.2 Å². The molecule has 1 atom stereocenters. The first-order valence-corrected chi connectivity index (χ1v) is 9.37.